The second kappa shape index (κ2) is 11.5. The number of carbonyl (C=O) groups excluding carboxylic acids is 3. The number of hydrogen-bond acceptors (Lipinski definition) is 13. The van der Waals surface area contributed by atoms with Crippen LogP contribution in [0.25, 0.3) is 11.3 Å². The van der Waals surface area contributed by atoms with Crippen molar-refractivity contribution >= 4 is 35.0 Å². The standard InChI is InChI=1S/C10H12N6O4.C8H8N6O4/c1-2-20-6(17)3-4-16-10(19)15-5-12-7(8(11)18)9(15)13-14-16;9-6(17)5-7-11-12-14(2-1-4(15)16)8(18)13(7)3-10-5/h5H,2-4H2,1H3,(H2,11,18);3H,1-2H2,(H2,9,17)(H,15,16). The van der Waals surface area contributed by atoms with Crippen LogP contribution in [0.3, 0.4) is 0 Å². The highest BCUT2D eigenvalue weighted by molar-refractivity contribution is 5.97. The number of amides is 2. The number of aryl methyl sites for hydroxylation is 2. The Morgan fingerprint density at radius 2 is 1.29 bits per heavy atom. The van der Waals surface area contributed by atoms with Crippen LogP contribution in [-0.4, -0.2) is 84.2 Å². The van der Waals surface area contributed by atoms with Gasteiger partial charge < -0.3 is 21.3 Å². The number of esters is 1. The lowest BCUT2D eigenvalue weighted by atomic mass is 10.4. The molecular formula is C18H20N12O8. The van der Waals surface area contributed by atoms with Crippen molar-refractivity contribution in [3.8, 4) is 0 Å². The number of fused-ring (bicyclic) bond motifs is 2. The van der Waals surface area contributed by atoms with Gasteiger partial charge in [0.1, 0.15) is 12.7 Å². The van der Waals surface area contributed by atoms with Crippen molar-refractivity contribution in [2.24, 2.45) is 11.5 Å². The quantitative estimate of drug-likeness (QED) is 0.174. The first-order chi connectivity index (χ1) is 18.0. The lowest BCUT2D eigenvalue weighted by Crippen LogP contribution is -2.31. The Labute approximate surface area is 209 Å². The van der Waals surface area contributed by atoms with Gasteiger partial charge in [-0.3, -0.25) is 19.2 Å². The van der Waals surface area contributed by atoms with E-state index in [0.717, 1.165) is 30.8 Å². The minimum Gasteiger partial charge on any atom is -0.481 e. The molecule has 0 aliphatic heterocycles. The zero-order chi connectivity index (χ0) is 28.0. The van der Waals surface area contributed by atoms with Gasteiger partial charge in [0, 0.05) is 0 Å². The van der Waals surface area contributed by atoms with Crippen molar-refractivity contribution < 1.29 is 29.0 Å². The van der Waals surface area contributed by atoms with Gasteiger partial charge in [0.15, 0.2) is 22.7 Å². The molecule has 0 saturated carbocycles. The van der Waals surface area contributed by atoms with Gasteiger partial charge in [-0.25, -0.2) is 28.4 Å². The van der Waals surface area contributed by atoms with E-state index in [4.69, 9.17) is 21.3 Å². The first-order valence-corrected chi connectivity index (χ1v) is 10.6. The fraction of sp³-hybridized carbons (Fsp3) is 0.333. The van der Waals surface area contributed by atoms with Crippen molar-refractivity contribution in [2.45, 2.75) is 32.9 Å². The summed E-state index contributed by atoms with van der Waals surface area (Å²) >= 11 is 0. The van der Waals surface area contributed by atoms with Crippen molar-refractivity contribution in [2.75, 3.05) is 6.61 Å². The topological polar surface area (TPSA) is 280 Å². The number of ether oxygens (including phenoxy) is 1. The molecule has 2 amide bonds. The van der Waals surface area contributed by atoms with Crippen LogP contribution in [0.1, 0.15) is 40.7 Å². The monoisotopic (exact) mass is 532 g/mol. The van der Waals surface area contributed by atoms with Gasteiger partial charge in [-0.05, 0) is 6.92 Å². The zero-order valence-electron chi connectivity index (χ0n) is 19.6. The third-order valence-corrected chi connectivity index (χ3v) is 4.67. The Kier molecular flexibility index (Phi) is 8.15. The van der Waals surface area contributed by atoms with Crippen LogP contribution in [0.2, 0.25) is 0 Å². The lowest BCUT2D eigenvalue weighted by Gasteiger charge is -2.03. The van der Waals surface area contributed by atoms with Gasteiger partial charge in [0.2, 0.25) is 0 Å². The number of hydrogen-bond donors (Lipinski definition) is 3. The van der Waals surface area contributed by atoms with Gasteiger partial charge >= 0.3 is 23.3 Å². The van der Waals surface area contributed by atoms with Crippen LogP contribution < -0.4 is 22.8 Å². The van der Waals surface area contributed by atoms with Gasteiger partial charge in [-0.15, -0.1) is 10.2 Å². The molecular weight excluding hydrogens is 512 g/mol. The Morgan fingerprint density at radius 1 is 0.842 bits per heavy atom. The molecule has 5 N–H and O–H groups in total. The molecule has 200 valence electrons. The van der Waals surface area contributed by atoms with E-state index < -0.39 is 35.1 Å². The summed E-state index contributed by atoms with van der Waals surface area (Å²) < 4.78 is 8.62. The third-order valence-electron chi connectivity index (χ3n) is 4.67. The maximum absolute atomic E-state index is 12.0. The Bertz CT molecular complexity index is 1650. The van der Waals surface area contributed by atoms with Crippen LogP contribution in [-0.2, 0) is 27.4 Å². The molecule has 0 saturated heterocycles. The number of aromatic nitrogens is 10. The number of nitrogens with zero attached hydrogens (tertiary/aromatic N) is 10. The van der Waals surface area contributed by atoms with E-state index in [1.165, 1.54) is 0 Å². The van der Waals surface area contributed by atoms with Gasteiger partial charge in [-0.1, -0.05) is 10.4 Å². The van der Waals surface area contributed by atoms with Crippen molar-refractivity contribution in [3.63, 3.8) is 0 Å². The molecule has 0 spiro atoms. The summed E-state index contributed by atoms with van der Waals surface area (Å²) in [6.07, 6.45) is 1.94. The number of carboxylic acids is 1. The molecule has 0 unspecified atom stereocenters. The van der Waals surface area contributed by atoms with E-state index in [1.807, 2.05) is 0 Å². The molecule has 4 rings (SSSR count). The Morgan fingerprint density at radius 3 is 1.68 bits per heavy atom. The Balaban J connectivity index is 0.000000212. The summed E-state index contributed by atoms with van der Waals surface area (Å²) in [5.74, 6) is -3.13. The molecule has 0 bridgehead atoms. The smallest absolute Gasteiger partial charge is 0.352 e. The van der Waals surface area contributed by atoms with Gasteiger partial charge in [-0.2, -0.15) is 9.36 Å². The summed E-state index contributed by atoms with van der Waals surface area (Å²) in [6, 6.07) is 0. The summed E-state index contributed by atoms with van der Waals surface area (Å²) in [6.45, 7) is 1.85. The van der Waals surface area contributed by atoms with Crippen molar-refractivity contribution in [1.82, 2.24) is 48.8 Å². The molecule has 4 heterocycles. The zero-order valence-corrected chi connectivity index (χ0v) is 19.6. The number of rotatable bonds is 9. The largest absolute Gasteiger partial charge is 0.481 e. The minimum absolute atomic E-state index is 0.00862. The average molecular weight is 532 g/mol. The number of nitrogens with two attached hydrogens (primary N) is 2. The molecule has 4 aromatic rings. The number of imidazole rings is 2. The molecule has 0 fully saturated rings. The van der Waals surface area contributed by atoms with E-state index in [-0.39, 0.29) is 55.2 Å². The molecule has 4 aromatic heterocycles. The third kappa shape index (κ3) is 5.80. The minimum atomic E-state index is -1.06. The van der Waals surface area contributed by atoms with Crippen LogP contribution in [0, 0.1) is 0 Å². The summed E-state index contributed by atoms with van der Waals surface area (Å²) in [4.78, 5) is 74.8. The molecule has 0 radical (unpaired) electrons. The van der Waals surface area contributed by atoms with E-state index in [2.05, 4.69) is 30.6 Å². The van der Waals surface area contributed by atoms with Crippen molar-refractivity contribution in [3.05, 3.63) is 45.0 Å². The molecule has 38 heavy (non-hydrogen) atoms. The molecule has 0 aromatic carbocycles. The summed E-state index contributed by atoms with van der Waals surface area (Å²) in [7, 11) is 0. The predicted molar refractivity (Wildman–Crippen MR) is 121 cm³/mol. The predicted octanol–water partition coefficient (Wildman–Crippen LogP) is -3.80. The lowest BCUT2D eigenvalue weighted by molar-refractivity contribution is -0.143. The highest BCUT2D eigenvalue weighted by Gasteiger charge is 2.16. The average Bonchev–Trinajstić information content (AvgIpc) is 3.49. The number of primary amides is 2. The van der Waals surface area contributed by atoms with Crippen LogP contribution in [0.5, 0.6) is 0 Å². The molecule has 0 aliphatic carbocycles. The van der Waals surface area contributed by atoms with E-state index >= 15 is 0 Å². The Hall–Kier alpha value is -5.56. The highest BCUT2D eigenvalue weighted by Crippen LogP contribution is 2.02. The first-order valence-electron chi connectivity index (χ1n) is 10.6. The second-order valence-electron chi connectivity index (χ2n) is 7.19. The number of carbonyl (C=O) groups is 4. The first kappa shape index (κ1) is 27.0. The SMILES string of the molecule is CCOC(=O)CCn1nnc2c(C(N)=O)ncn2c1=O.NC(=O)c1ncn2c(=O)n(CCC(=O)O)nnc12. The maximum Gasteiger partial charge on any atom is 0.352 e. The number of aliphatic carboxylic acids is 1. The molecule has 0 atom stereocenters. The number of carboxylic acid groups (broad SMARTS) is 1. The fourth-order valence-corrected chi connectivity index (χ4v) is 2.93. The molecule has 0 aliphatic rings. The van der Waals surface area contributed by atoms with E-state index in [9.17, 15) is 28.8 Å². The van der Waals surface area contributed by atoms with Gasteiger partial charge in [0.25, 0.3) is 11.8 Å². The maximum atomic E-state index is 12.0. The highest BCUT2D eigenvalue weighted by atomic mass is 16.5. The van der Waals surface area contributed by atoms with Gasteiger partial charge in [0.05, 0.1) is 32.5 Å². The van der Waals surface area contributed by atoms with E-state index in [1.54, 1.807) is 6.92 Å². The molecule has 20 nitrogen and oxygen atoms in total. The second-order valence-corrected chi connectivity index (χ2v) is 7.19. The fourth-order valence-electron chi connectivity index (χ4n) is 2.93. The normalized spacial score (nSPS) is 10.7. The van der Waals surface area contributed by atoms with Crippen LogP contribution in [0.15, 0.2) is 22.2 Å². The summed E-state index contributed by atoms with van der Waals surface area (Å²) in [5, 5.41) is 23.0. The van der Waals surface area contributed by atoms with E-state index in [0.29, 0.717) is 0 Å². The van der Waals surface area contributed by atoms with Crippen LogP contribution in [0.4, 0.5) is 0 Å². The van der Waals surface area contributed by atoms with Crippen LogP contribution >= 0.6 is 0 Å². The van der Waals surface area contributed by atoms with Crippen molar-refractivity contribution in [1.29, 1.82) is 0 Å². The summed E-state index contributed by atoms with van der Waals surface area (Å²) in [5.41, 5.74) is 8.56. The molecule has 20 heteroatoms.